The van der Waals surface area contributed by atoms with Crippen molar-refractivity contribution < 1.29 is 172 Å². The summed E-state index contributed by atoms with van der Waals surface area (Å²) in [6.45, 7) is 12.9. The van der Waals surface area contributed by atoms with Gasteiger partial charge in [0.15, 0.2) is 47.6 Å². The SMILES string of the molecule is CC(=O)O[C@@]12CO[C@@H]1C[C@H](O)[C@@]1(C)C(=O)[C@H](O)C3=C(C)[C@@H](OC(=O)[C@H](O)[C@@H](NC(=O)c4ccccc4)c4ccccc4)C[C@@](O)([C@@H](OC(=O)c4ccccc4)[C@H]21)C3(C)C.CC(=O)O[C@@]12CO[C@@H]1C[C@H](OC1OCC(O)C(O)C1O)[C@@]1(C)C(=O)[C@H](O)C3=C(C)[C@@H](OC(=O)[C@H](O)[C@@H](NC(=O)c4ccccc4)c4ccccc4)C[C@@](O)([C@@H](OC(=O)c4ccccc4)[C@H]21)C3(C)C.OC1COC(O)C(O)C1O. The molecular weight excluding hydrogens is 1790 g/mol. The van der Waals surface area contributed by atoms with Crippen LogP contribution in [0.5, 0.6) is 0 Å². The van der Waals surface area contributed by atoms with Gasteiger partial charge in [0, 0.05) is 61.5 Å². The number of esters is 6. The summed E-state index contributed by atoms with van der Waals surface area (Å²) in [4.78, 5) is 141. The molecule has 6 aromatic carbocycles. The maximum absolute atomic E-state index is 15.7. The Bertz CT molecular complexity index is 5510. The number of Topliss-reactive ketones (excluding diaryl/α,β-unsaturated/α-hetero) is 2. The number of aliphatic hydroxyl groups excluding tert-OH is 12. The van der Waals surface area contributed by atoms with Crippen molar-refractivity contribution in [3.63, 3.8) is 0 Å². The van der Waals surface area contributed by atoms with E-state index in [1.54, 1.807) is 172 Å². The summed E-state index contributed by atoms with van der Waals surface area (Å²) in [5.74, 6) is -12.2. The maximum Gasteiger partial charge on any atom is 0.338 e. The third kappa shape index (κ3) is 18.4. The first-order valence-electron chi connectivity index (χ1n) is 45.1. The third-order valence-corrected chi connectivity index (χ3v) is 29.6. The molecule has 30 atom stereocenters. The van der Waals surface area contributed by atoms with Crippen molar-refractivity contribution in [1.29, 1.82) is 0 Å². The predicted octanol–water partition coefficient (Wildman–Crippen LogP) is 2.21. The van der Waals surface area contributed by atoms with Gasteiger partial charge in [-0.15, -0.1) is 0 Å². The summed E-state index contributed by atoms with van der Waals surface area (Å²) >= 11 is 0. The number of benzene rings is 6. The van der Waals surface area contributed by atoms with E-state index in [1.807, 2.05) is 0 Å². The van der Waals surface area contributed by atoms with Crippen LogP contribution < -0.4 is 10.6 Å². The lowest BCUT2D eigenvalue weighted by molar-refractivity contribution is -0.366. The molecule has 4 aliphatic heterocycles. The highest BCUT2D eigenvalue weighted by atomic mass is 16.7. The van der Waals surface area contributed by atoms with Gasteiger partial charge >= 0.3 is 35.8 Å². The second kappa shape index (κ2) is 39.8. The summed E-state index contributed by atoms with van der Waals surface area (Å²) in [7, 11) is 0. The first-order valence-corrected chi connectivity index (χ1v) is 45.1. The topological polar surface area (TPSA) is 580 Å². The minimum atomic E-state index is -2.47. The van der Waals surface area contributed by atoms with Crippen LogP contribution in [0.2, 0.25) is 0 Å². The number of rotatable bonds is 20. The Hall–Kier alpha value is -10.9. The van der Waals surface area contributed by atoms with E-state index >= 15 is 4.79 Å². The lowest BCUT2D eigenvalue weighted by Crippen LogP contribution is -2.82. The zero-order valence-electron chi connectivity index (χ0n) is 76.7. The molecule has 0 aromatic heterocycles. The minimum absolute atomic E-state index is 0.0280. The summed E-state index contributed by atoms with van der Waals surface area (Å²) in [5.41, 5.74) is -14.5. The van der Waals surface area contributed by atoms with Gasteiger partial charge in [0.2, 0.25) is 0 Å². The number of amides is 2. The molecule has 4 saturated heterocycles. The van der Waals surface area contributed by atoms with Gasteiger partial charge < -0.3 is 134 Å². The quantitative estimate of drug-likeness (QED) is 0.0296. The van der Waals surface area contributed by atoms with Crippen LogP contribution in [0.1, 0.15) is 160 Å². The van der Waals surface area contributed by atoms with Gasteiger partial charge in [0.05, 0.1) is 84.5 Å². The minimum Gasteiger partial charge on any atom is -0.456 e. The standard InChI is InChI=1S/C50H57NO17.C45H49NO13.C5H10O5/c1-25-31(65-45(61)38(56)35(27-15-9-6-10-16-27)51-43(59)28-17-11-7-12-18-28)22-50(62)42(67-44(60)29-19-13-8-14-20-29)40-48(5,41(58)37(55)34(25)47(50,3)4)32(21-33-49(40,24-64-33)68-26(2)52)66-46-39(57)36(54)30(53)23-63-46;1-24-29(57-41(54)35(50)33(26-15-9-6-10-16-26)46-39(52)27-17-11-7-12-18-27)22-45(55)38(58-40(53)28-19-13-8-14-20-28)36-43(5,37(51)34(49)32(24)42(45,3)4)30(48)21-31-44(36,23-56-31)59-25(2)47;6-2-1-10-5(9)4(8)3(2)7/h6-20,30-33,35-40,42,46,53-57,62H,21-24H2,1-5H3,(H,51,59);6-20,29-31,33-36,38,48-50,55H,21-23H2,1-5H3,(H,46,52);2-9H,1H2/t30?,31-,32-,33+,35-,36?,37+,38+,39?,40-,42-,46?,48+,49-,50+;29-,30-,31+,33-,34+,35+,36-,38-,43+,44-,45+;/m00./s1. The van der Waals surface area contributed by atoms with Crippen LogP contribution in [0.4, 0.5) is 0 Å². The zero-order chi connectivity index (χ0) is 99.5. The van der Waals surface area contributed by atoms with Gasteiger partial charge in [-0.05, 0) is 110 Å². The Morgan fingerprint density at radius 3 is 1.13 bits per heavy atom. The van der Waals surface area contributed by atoms with Crippen molar-refractivity contribution in [2.75, 3.05) is 26.4 Å². The van der Waals surface area contributed by atoms with Gasteiger partial charge in [-0.1, -0.05) is 161 Å². The normalized spacial score (nSPS) is 35.6. The average Bonchev–Trinajstić information content (AvgIpc) is 0.662. The molecule has 4 bridgehead atoms. The van der Waals surface area contributed by atoms with E-state index < -0.39 is 269 Å². The van der Waals surface area contributed by atoms with Crippen molar-refractivity contribution in [3.05, 3.63) is 238 Å². The molecule has 37 heteroatoms. The largest absolute Gasteiger partial charge is 0.456 e. The maximum atomic E-state index is 15.7. The molecule has 6 aromatic rings. The van der Waals surface area contributed by atoms with Crippen LogP contribution in [-0.2, 0) is 80.9 Å². The van der Waals surface area contributed by atoms with Crippen LogP contribution in [0.3, 0.4) is 0 Å². The second-order valence-corrected chi connectivity index (χ2v) is 38.2. The van der Waals surface area contributed by atoms with E-state index in [0.717, 1.165) is 13.8 Å². The predicted molar refractivity (Wildman–Crippen MR) is 473 cm³/mol. The molecule has 2 amide bonds. The van der Waals surface area contributed by atoms with Crippen LogP contribution in [-0.4, -0.2) is 302 Å². The van der Waals surface area contributed by atoms with Crippen molar-refractivity contribution in [2.24, 2.45) is 33.5 Å². The van der Waals surface area contributed by atoms with Crippen molar-refractivity contribution >= 4 is 59.2 Å². The van der Waals surface area contributed by atoms with E-state index in [-0.39, 0.29) is 77.2 Å². The molecule has 10 aliphatic rings. The fourth-order valence-corrected chi connectivity index (χ4v) is 21.9. The Morgan fingerprint density at radius 2 is 0.766 bits per heavy atom. The Labute approximate surface area is 787 Å². The number of ketones is 2. The van der Waals surface area contributed by atoms with Crippen LogP contribution in [0, 0.1) is 33.5 Å². The Balaban J connectivity index is 0.000000200. The average molecular weight is 1910 g/mol. The number of fused-ring (bicyclic) bond motifs is 10. The number of ether oxygens (including phenoxy) is 11. The summed E-state index contributed by atoms with van der Waals surface area (Å²) in [5, 5.41) is 160. The number of carbonyl (C=O) groups is 10. The molecule has 0 radical (unpaired) electrons. The first-order chi connectivity index (χ1) is 64.7. The van der Waals surface area contributed by atoms with Crippen LogP contribution in [0.25, 0.3) is 0 Å². The Kier molecular flexibility index (Phi) is 29.6. The summed E-state index contributed by atoms with van der Waals surface area (Å²) < 4.78 is 65.4. The number of hydrogen-bond acceptors (Lipinski definition) is 35. The zero-order valence-corrected chi connectivity index (χ0v) is 76.7. The van der Waals surface area contributed by atoms with Gasteiger partial charge in [0.25, 0.3) is 11.8 Å². The lowest BCUT2D eigenvalue weighted by Gasteiger charge is -2.68. The fraction of sp³-hybridized carbons (Fsp3) is 0.500. The molecule has 16 rings (SSSR count). The van der Waals surface area contributed by atoms with Gasteiger partial charge in [-0.25, -0.2) is 19.2 Å². The molecule has 6 aliphatic carbocycles. The van der Waals surface area contributed by atoms with Gasteiger partial charge in [-0.3, -0.25) is 28.8 Å². The summed E-state index contributed by atoms with van der Waals surface area (Å²) in [6, 6.07) is 45.8. The molecule has 4 saturated carbocycles. The Morgan fingerprint density at radius 1 is 0.423 bits per heavy atom. The number of carbonyl (C=O) groups excluding carboxylic acids is 10. The smallest absolute Gasteiger partial charge is 0.338 e. The van der Waals surface area contributed by atoms with Crippen LogP contribution >= 0.6 is 0 Å². The molecule has 0 spiro atoms. The van der Waals surface area contributed by atoms with Crippen LogP contribution in [0.15, 0.2) is 204 Å². The third-order valence-electron chi connectivity index (χ3n) is 29.6. The molecule has 4 heterocycles. The first kappa shape index (κ1) is 102. The molecule has 37 nitrogen and oxygen atoms in total. The van der Waals surface area contributed by atoms with Crippen molar-refractivity contribution in [1.82, 2.24) is 10.6 Å². The highest BCUT2D eigenvalue weighted by molar-refractivity contribution is 5.98. The van der Waals surface area contributed by atoms with Gasteiger partial charge in [-0.2, -0.15) is 0 Å². The fourth-order valence-electron chi connectivity index (χ4n) is 21.9. The number of hydrogen-bond donors (Lipinski definition) is 16. The molecule has 8 fully saturated rings. The molecular formula is C100H116N2O35. The second-order valence-electron chi connectivity index (χ2n) is 38.2. The number of aliphatic hydroxyl groups is 14. The van der Waals surface area contributed by atoms with Crippen molar-refractivity contribution in [3.8, 4) is 0 Å². The molecule has 16 N–H and O–H groups in total. The van der Waals surface area contributed by atoms with Gasteiger partial charge in [0.1, 0.15) is 96.7 Å². The molecule has 8 unspecified atom stereocenters. The van der Waals surface area contributed by atoms with E-state index in [9.17, 15) is 94.2 Å². The van der Waals surface area contributed by atoms with E-state index in [1.165, 1.54) is 65.8 Å². The highest BCUT2D eigenvalue weighted by Gasteiger charge is 2.81. The van der Waals surface area contributed by atoms with E-state index in [2.05, 4.69) is 15.4 Å². The van der Waals surface area contributed by atoms with Crippen molar-refractivity contribution in [2.45, 2.75) is 252 Å². The highest BCUT2D eigenvalue weighted by Crippen LogP contribution is 2.67. The number of nitrogens with one attached hydrogen (secondary N) is 2. The summed E-state index contributed by atoms with van der Waals surface area (Å²) in [6.07, 6.45) is -33.5. The van der Waals surface area contributed by atoms with E-state index in [4.69, 9.17) is 67.8 Å². The lowest BCUT2D eigenvalue weighted by atomic mass is 9.44. The monoisotopic (exact) mass is 1900 g/mol. The van der Waals surface area contributed by atoms with E-state index in [0.29, 0.717) is 11.1 Å². The molecule has 736 valence electrons. The molecule has 137 heavy (non-hydrogen) atoms.